The van der Waals surface area contributed by atoms with Crippen molar-refractivity contribution in [3.05, 3.63) is 58.2 Å². The number of aromatic nitrogens is 1. The van der Waals surface area contributed by atoms with E-state index in [1.807, 2.05) is 0 Å². The lowest BCUT2D eigenvalue weighted by molar-refractivity contribution is -0.112. The summed E-state index contributed by atoms with van der Waals surface area (Å²) in [6.07, 6.45) is 1.49. The van der Waals surface area contributed by atoms with Crippen molar-refractivity contribution in [2.24, 2.45) is 0 Å². The van der Waals surface area contributed by atoms with E-state index in [1.165, 1.54) is 19.4 Å². The fourth-order valence-electron chi connectivity index (χ4n) is 2.34. The predicted octanol–water partition coefficient (Wildman–Crippen LogP) is 4.30. The molecule has 1 amide bonds. The molecule has 2 N–H and O–H groups in total. The summed E-state index contributed by atoms with van der Waals surface area (Å²) in [5, 5.41) is 3.94. The van der Waals surface area contributed by atoms with Gasteiger partial charge in [-0.25, -0.2) is 0 Å². The predicted molar refractivity (Wildman–Crippen MR) is 94.3 cm³/mol. The topological polar surface area (TPSA) is 71.2 Å². The number of H-pyrrole nitrogens is 1. The number of halogens is 2. The molecule has 0 spiro atoms. The molecule has 2 aromatic carbocycles. The Morgan fingerprint density at radius 1 is 1.12 bits per heavy atom. The molecule has 0 aliphatic heterocycles. The number of nitrogens with one attached hydrogen (secondary N) is 2. The minimum Gasteiger partial charge on any atom is -0.495 e. The van der Waals surface area contributed by atoms with E-state index in [0.717, 1.165) is 5.52 Å². The summed E-state index contributed by atoms with van der Waals surface area (Å²) in [4.78, 5) is 27.6. The van der Waals surface area contributed by atoms with Gasteiger partial charge in [0, 0.05) is 27.8 Å². The minimum atomic E-state index is -0.767. The van der Waals surface area contributed by atoms with Crippen LogP contribution in [-0.2, 0) is 4.79 Å². The maximum absolute atomic E-state index is 12.4. The maximum Gasteiger partial charge on any atom is 0.296 e. The largest absolute Gasteiger partial charge is 0.495 e. The Balaban J connectivity index is 1.85. The Morgan fingerprint density at radius 3 is 2.62 bits per heavy atom. The molecule has 1 aromatic heterocycles. The van der Waals surface area contributed by atoms with Gasteiger partial charge in [-0.3, -0.25) is 9.59 Å². The lowest BCUT2D eigenvalue weighted by Crippen LogP contribution is -2.22. The third kappa shape index (κ3) is 3.09. The van der Waals surface area contributed by atoms with Crippen molar-refractivity contribution in [1.29, 1.82) is 0 Å². The Bertz CT molecular complexity index is 950. The van der Waals surface area contributed by atoms with Gasteiger partial charge in [0.05, 0.1) is 17.7 Å². The highest BCUT2D eigenvalue weighted by molar-refractivity contribution is 6.48. The van der Waals surface area contributed by atoms with Crippen molar-refractivity contribution in [2.45, 2.75) is 0 Å². The van der Waals surface area contributed by atoms with Gasteiger partial charge in [-0.1, -0.05) is 23.2 Å². The standard InChI is InChI=1S/C17H12Cl2N2O3/c1-24-15-5-3-10(7-13(15)19)21-17(23)16(22)12-8-20-14-4-2-9(18)6-11(12)14/h2-8,20H,1H3,(H,21,23). The molecule has 0 fully saturated rings. The fourth-order valence-corrected chi connectivity index (χ4v) is 2.76. The molecule has 3 rings (SSSR count). The molecule has 1 heterocycles. The maximum atomic E-state index is 12.4. The zero-order valence-corrected chi connectivity index (χ0v) is 14.0. The van der Waals surface area contributed by atoms with E-state index in [0.29, 0.717) is 26.9 Å². The smallest absolute Gasteiger partial charge is 0.296 e. The number of anilines is 1. The van der Waals surface area contributed by atoms with Crippen LogP contribution in [0, 0.1) is 0 Å². The molecule has 5 nitrogen and oxygen atoms in total. The number of rotatable bonds is 4. The van der Waals surface area contributed by atoms with Gasteiger partial charge in [0.25, 0.3) is 11.7 Å². The average molecular weight is 363 g/mol. The van der Waals surface area contributed by atoms with Crippen molar-refractivity contribution in [2.75, 3.05) is 12.4 Å². The van der Waals surface area contributed by atoms with Gasteiger partial charge >= 0.3 is 0 Å². The molecule has 0 saturated carbocycles. The number of fused-ring (bicyclic) bond motifs is 1. The van der Waals surface area contributed by atoms with E-state index in [4.69, 9.17) is 27.9 Å². The van der Waals surface area contributed by atoms with Crippen molar-refractivity contribution >= 4 is 51.5 Å². The molecule has 0 unspecified atom stereocenters. The molecule has 0 radical (unpaired) electrons. The lowest BCUT2D eigenvalue weighted by Gasteiger charge is -2.07. The Labute approximate surface area is 147 Å². The quantitative estimate of drug-likeness (QED) is 0.536. The molecule has 24 heavy (non-hydrogen) atoms. The van der Waals surface area contributed by atoms with Crippen LogP contribution in [0.3, 0.4) is 0 Å². The van der Waals surface area contributed by atoms with Crippen LogP contribution in [0.1, 0.15) is 10.4 Å². The van der Waals surface area contributed by atoms with Crippen molar-refractivity contribution < 1.29 is 14.3 Å². The second-order valence-electron chi connectivity index (χ2n) is 5.02. The molecule has 0 aliphatic rings. The summed E-state index contributed by atoms with van der Waals surface area (Å²) < 4.78 is 5.04. The summed E-state index contributed by atoms with van der Waals surface area (Å²) in [7, 11) is 1.49. The molecule has 0 atom stereocenters. The molecule has 7 heteroatoms. The Hall–Kier alpha value is -2.50. The van der Waals surface area contributed by atoms with E-state index in [1.54, 1.807) is 30.3 Å². The first-order valence-electron chi connectivity index (χ1n) is 6.95. The number of ketones is 1. The van der Waals surface area contributed by atoms with Crippen LogP contribution in [0.5, 0.6) is 5.75 Å². The van der Waals surface area contributed by atoms with Crippen LogP contribution in [0.2, 0.25) is 10.0 Å². The first-order valence-corrected chi connectivity index (χ1v) is 7.71. The SMILES string of the molecule is COc1ccc(NC(=O)C(=O)c2c[nH]c3ccc(Cl)cc23)cc1Cl. The van der Waals surface area contributed by atoms with Gasteiger partial charge in [-0.05, 0) is 36.4 Å². The zero-order chi connectivity index (χ0) is 17.3. The highest BCUT2D eigenvalue weighted by Gasteiger charge is 2.20. The first-order chi connectivity index (χ1) is 11.5. The number of hydrogen-bond donors (Lipinski definition) is 2. The van der Waals surface area contributed by atoms with Crippen LogP contribution < -0.4 is 10.1 Å². The van der Waals surface area contributed by atoms with E-state index >= 15 is 0 Å². The molecule has 0 saturated heterocycles. The third-order valence-corrected chi connectivity index (χ3v) is 4.03. The van der Waals surface area contributed by atoms with Gasteiger partial charge in [0.2, 0.25) is 0 Å². The number of carbonyl (C=O) groups excluding carboxylic acids is 2. The second-order valence-corrected chi connectivity index (χ2v) is 5.87. The van der Waals surface area contributed by atoms with Gasteiger partial charge in [-0.2, -0.15) is 0 Å². The number of aromatic amines is 1. The van der Waals surface area contributed by atoms with Crippen molar-refractivity contribution in [1.82, 2.24) is 4.98 Å². The normalized spacial score (nSPS) is 10.6. The Morgan fingerprint density at radius 2 is 1.92 bits per heavy atom. The van der Waals surface area contributed by atoms with E-state index in [2.05, 4.69) is 10.3 Å². The number of carbonyl (C=O) groups is 2. The van der Waals surface area contributed by atoms with Crippen LogP contribution >= 0.6 is 23.2 Å². The zero-order valence-electron chi connectivity index (χ0n) is 12.5. The molecule has 122 valence electrons. The van der Waals surface area contributed by atoms with Gasteiger partial charge in [-0.15, -0.1) is 0 Å². The third-order valence-electron chi connectivity index (χ3n) is 3.50. The average Bonchev–Trinajstić information content (AvgIpc) is 2.97. The molecular weight excluding hydrogens is 351 g/mol. The summed E-state index contributed by atoms with van der Waals surface area (Å²) in [6, 6.07) is 9.80. The van der Waals surface area contributed by atoms with Crippen LogP contribution in [0.15, 0.2) is 42.6 Å². The van der Waals surface area contributed by atoms with Crippen molar-refractivity contribution in [3.63, 3.8) is 0 Å². The highest BCUT2D eigenvalue weighted by Crippen LogP contribution is 2.27. The van der Waals surface area contributed by atoms with Crippen LogP contribution in [-0.4, -0.2) is 23.8 Å². The molecule has 3 aromatic rings. The lowest BCUT2D eigenvalue weighted by atomic mass is 10.1. The van der Waals surface area contributed by atoms with E-state index < -0.39 is 11.7 Å². The Kier molecular flexibility index (Phi) is 4.46. The summed E-state index contributed by atoms with van der Waals surface area (Å²) >= 11 is 12.0. The summed E-state index contributed by atoms with van der Waals surface area (Å²) in [5.74, 6) is -0.958. The van der Waals surface area contributed by atoms with Crippen LogP contribution in [0.4, 0.5) is 5.69 Å². The van der Waals surface area contributed by atoms with Gasteiger partial charge < -0.3 is 15.0 Å². The molecular formula is C17H12Cl2N2O3. The first kappa shape index (κ1) is 16.4. The highest BCUT2D eigenvalue weighted by atomic mass is 35.5. The number of amides is 1. The van der Waals surface area contributed by atoms with E-state index in [9.17, 15) is 9.59 Å². The fraction of sp³-hybridized carbons (Fsp3) is 0.0588. The number of Topliss-reactive ketones (excluding diaryl/α,β-unsaturated/α-hetero) is 1. The molecule has 0 aliphatic carbocycles. The summed E-state index contributed by atoms with van der Waals surface area (Å²) in [5.41, 5.74) is 1.38. The number of hydrogen-bond acceptors (Lipinski definition) is 3. The van der Waals surface area contributed by atoms with Gasteiger partial charge in [0.1, 0.15) is 5.75 Å². The van der Waals surface area contributed by atoms with Crippen LogP contribution in [0.25, 0.3) is 10.9 Å². The van der Waals surface area contributed by atoms with Gasteiger partial charge in [0.15, 0.2) is 0 Å². The minimum absolute atomic E-state index is 0.254. The number of benzene rings is 2. The van der Waals surface area contributed by atoms with Crippen molar-refractivity contribution in [3.8, 4) is 5.75 Å². The number of methoxy groups -OCH3 is 1. The molecule has 0 bridgehead atoms. The summed E-state index contributed by atoms with van der Waals surface area (Å²) in [6.45, 7) is 0. The second kappa shape index (κ2) is 6.55. The van der Waals surface area contributed by atoms with E-state index in [-0.39, 0.29) is 5.56 Å². The monoisotopic (exact) mass is 362 g/mol. The number of ether oxygens (including phenoxy) is 1.